The van der Waals surface area contributed by atoms with Gasteiger partial charge >= 0.3 is 0 Å². The van der Waals surface area contributed by atoms with Gasteiger partial charge in [0.2, 0.25) is 0 Å². The fraction of sp³-hybridized carbons (Fsp3) is 0.938. The van der Waals surface area contributed by atoms with Crippen LogP contribution in [0.2, 0.25) is 0 Å². The summed E-state index contributed by atoms with van der Waals surface area (Å²) in [6, 6.07) is 0. The molecule has 0 aliphatic heterocycles. The van der Waals surface area contributed by atoms with Gasteiger partial charge in [-0.15, -0.1) is 0 Å². The van der Waals surface area contributed by atoms with Gasteiger partial charge in [0.25, 0.3) is 0 Å². The molecule has 0 radical (unpaired) electrons. The largest absolute Gasteiger partial charge is 0.303 e. The third-order valence-corrected chi connectivity index (χ3v) is 3.46. The first kappa shape index (κ1) is 17.6. The van der Waals surface area contributed by atoms with E-state index >= 15 is 0 Å². The van der Waals surface area contributed by atoms with Crippen LogP contribution in [0.25, 0.3) is 0 Å². The Morgan fingerprint density at radius 1 is 0.556 bits per heavy atom. The Balaban J connectivity index is 2.88. The van der Waals surface area contributed by atoms with Gasteiger partial charge in [-0.3, -0.25) is 4.39 Å². The van der Waals surface area contributed by atoms with Crippen molar-refractivity contribution in [2.24, 2.45) is 0 Å². The topological polar surface area (TPSA) is 17.1 Å². The predicted molar refractivity (Wildman–Crippen MR) is 76.7 cm³/mol. The Morgan fingerprint density at radius 2 is 0.889 bits per heavy atom. The van der Waals surface area contributed by atoms with Crippen LogP contribution in [0, 0.1) is 0 Å². The normalized spacial score (nSPS) is 10.7. The van der Waals surface area contributed by atoms with Crippen LogP contribution in [-0.4, -0.2) is 13.0 Å². The van der Waals surface area contributed by atoms with Gasteiger partial charge in [0.1, 0.15) is 6.29 Å². The zero-order chi connectivity index (χ0) is 13.3. The van der Waals surface area contributed by atoms with Crippen molar-refractivity contribution in [2.45, 2.75) is 89.9 Å². The molecular weight excluding hydrogens is 227 g/mol. The highest BCUT2D eigenvalue weighted by molar-refractivity contribution is 5.48. The van der Waals surface area contributed by atoms with Crippen molar-refractivity contribution in [3.05, 3.63) is 0 Å². The van der Waals surface area contributed by atoms with Gasteiger partial charge in [-0.1, -0.05) is 70.6 Å². The zero-order valence-electron chi connectivity index (χ0n) is 12.0. The SMILES string of the molecule is O=CCCCCCCCCCCCCCCCF. The Kier molecular flexibility index (Phi) is 16.2. The summed E-state index contributed by atoms with van der Waals surface area (Å²) in [5.74, 6) is 0. The van der Waals surface area contributed by atoms with Gasteiger partial charge in [-0.25, -0.2) is 0 Å². The summed E-state index contributed by atoms with van der Waals surface area (Å²) in [5.41, 5.74) is 0. The lowest BCUT2D eigenvalue weighted by atomic mass is 10.0. The Hall–Kier alpha value is -0.400. The van der Waals surface area contributed by atoms with Crippen molar-refractivity contribution in [3.63, 3.8) is 0 Å². The van der Waals surface area contributed by atoms with E-state index in [0.29, 0.717) is 0 Å². The molecule has 0 aromatic carbocycles. The molecule has 0 aliphatic carbocycles. The van der Waals surface area contributed by atoms with E-state index in [9.17, 15) is 9.18 Å². The number of hydrogen-bond acceptors (Lipinski definition) is 1. The van der Waals surface area contributed by atoms with E-state index < -0.39 is 0 Å². The van der Waals surface area contributed by atoms with E-state index in [4.69, 9.17) is 0 Å². The molecule has 2 heteroatoms. The smallest absolute Gasteiger partial charge is 0.119 e. The molecule has 0 N–H and O–H groups in total. The van der Waals surface area contributed by atoms with Crippen LogP contribution < -0.4 is 0 Å². The summed E-state index contributed by atoms with van der Waals surface area (Å²) in [7, 11) is 0. The minimum absolute atomic E-state index is 0.146. The van der Waals surface area contributed by atoms with Crippen molar-refractivity contribution < 1.29 is 9.18 Å². The third-order valence-electron chi connectivity index (χ3n) is 3.46. The molecular formula is C16H31FO. The van der Waals surface area contributed by atoms with Crippen molar-refractivity contribution in [2.75, 3.05) is 6.67 Å². The summed E-state index contributed by atoms with van der Waals surface area (Å²) >= 11 is 0. The van der Waals surface area contributed by atoms with Gasteiger partial charge in [0, 0.05) is 6.42 Å². The molecule has 0 fully saturated rings. The predicted octanol–water partition coefficient (Wildman–Crippen LogP) is 5.62. The van der Waals surface area contributed by atoms with Gasteiger partial charge in [-0.05, 0) is 12.8 Å². The van der Waals surface area contributed by atoms with Crippen molar-refractivity contribution >= 4 is 6.29 Å². The zero-order valence-corrected chi connectivity index (χ0v) is 12.0. The monoisotopic (exact) mass is 258 g/mol. The van der Waals surface area contributed by atoms with Crippen LogP contribution in [-0.2, 0) is 4.79 Å². The lowest BCUT2D eigenvalue weighted by Gasteiger charge is -2.02. The molecule has 0 bridgehead atoms. The first-order valence-electron chi connectivity index (χ1n) is 7.91. The quantitative estimate of drug-likeness (QED) is 0.275. The molecule has 0 unspecified atom stereocenters. The van der Waals surface area contributed by atoms with E-state index in [1.165, 1.54) is 64.2 Å². The second-order valence-electron chi connectivity index (χ2n) is 5.24. The highest BCUT2D eigenvalue weighted by Crippen LogP contribution is 2.12. The molecule has 0 saturated heterocycles. The molecule has 0 aromatic rings. The van der Waals surface area contributed by atoms with Crippen molar-refractivity contribution in [3.8, 4) is 0 Å². The number of carbonyl (C=O) groups excluding carboxylic acids is 1. The van der Waals surface area contributed by atoms with Gasteiger partial charge in [-0.2, -0.15) is 0 Å². The van der Waals surface area contributed by atoms with Crippen LogP contribution in [0.15, 0.2) is 0 Å². The van der Waals surface area contributed by atoms with Gasteiger partial charge in [0.05, 0.1) is 6.67 Å². The minimum Gasteiger partial charge on any atom is -0.303 e. The second kappa shape index (κ2) is 16.6. The van der Waals surface area contributed by atoms with Crippen LogP contribution in [0.5, 0.6) is 0 Å². The van der Waals surface area contributed by atoms with Crippen LogP contribution >= 0.6 is 0 Å². The summed E-state index contributed by atoms with van der Waals surface area (Å²) in [4.78, 5) is 10.1. The van der Waals surface area contributed by atoms with Crippen LogP contribution in [0.1, 0.15) is 89.9 Å². The molecule has 108 valence electrons. The maximum atomic E-state index is 11.8. The highest BCUT2D eigenvalue weighted by atomic mass is 19.1. The number of rotatable bonds is 15. The number of alkyl halides is 1. The van der Waals surface area contributed by atoms with E-state index in [1.54, 1.807) is 0 Å². The second-order valence-corrected chi connectivity index (χ2v) is 5.24. The Morgan fingerprint density at radius 3 is 1.22 bits per heavy atom. The Labute approximate surface area is 113 Å². The fourth-order valence-corrected chi connectivity index (χ4v) is 2.27. The van der Waals surface area contributed by atoms with E-state index in [1.807, 2.05) is 0 Å². The Bertz CT molecular complexity index is 159. The molecule has 1 nitrogen and oxygen atoms in total. The minimum atomic E-state index is -0.146. The first-order chi connectivity index (χ1) is 8.91. The summed E-state index contributed by atoms with van der Waals surface area (Å²) in [5, 5.41) is 0. The highest BCUT2D eigenvalue weighted by Gasteiger charge is 1.93. The van der Waals surface area contributed by atoms with Crippen molar-refractivity contribution in [1.82, 2.24) is 0 Å². The fourth-order valence-electron chi connectivity index (χ4n) is 2.27. The molecule has 0 aromatic heterocycles. The molecule has 0 aliphatic rings. The lowest BCUT2D eigenvalue weighted by Crippen LogP contribution is -1.84. The molecule has 0 saturated carbocycles. The van der Waals surface area contributed by atoms with Gasteiger partial charge < -0.3 is 4.79 Å². The maximum Gasteiger partial charge on any atom is 0.119 e. The summed E-state index contributed by atoms with van der Waals surface area (Å²) in [6.45, 7) is -0.146. The molecule has 0 heterocycles. The average Bonchev–Trinajstić information content (AvgIpc) is 2.39. The summed E-state index contributed by atoms with van der Waals surface area (Å²) < 4.78 is 11.8. The van der Waals surface area contributed by atoms with E-state index in [2.05, 4.69) is 0 Å². The average molecular weight is 258 g/mol. The third kappa shape index (κ3) is 15.6. The molecule has 18 heavy (non-hydrogen) atoms. The van der Waals surface area contributed by atoms with E-state index in [-0.39, 0.29) is 6.67 Å². The molecule has 0 amide bonds. The standard InChI is InChI=1S/C16H31FO/c17-15-13-11-9-7-5-3-1-2-4-6-8-10-12-14-16-18/h16H,1-15H2. The number of carbonyl (C=O) groups is 1. The van der Waals surface area contributed by atoms with Crippen LogP contribution in [0.3, 0.4) is 0 Å². The first-order valence-corrected chi connectivity index (χ1v) is 7.91. The van der Waals surface area contributed by atoms with E-state index in [0.717, 1.165) is 32.0 Å². The number of aldehydes is 1. The van der Waals surface area contributed by atoms with Gasteiger partial charge in [0.15, 0.2) is 0 Å². The summed E-state index contributed by atoms with van der Waals surface area (Å²) in [6.07, 6.45) is 17.7. The maximum absolute atomic E-state index is 11.8. The molecule has 0 spiro atoms. The number of unbranched alkanes of at least 4 members (excludes halogenated alkanes) is 13. The lowest BCUT2D eigenvalue weighted by molar-refractivity contribution is -0.107. The number of halogens is 1. The number of hydrogen-bond donors (Lipinski definition) is 0. The molecule has 0 atom stereocenters. The van der Waals surface area contributed by atoms with Crippen LogP contribution in [0.4, 0.5) is 4.39 Å². The van der Waals surface area contributed by atoms with Crippen molar-refractivity contribution in [1.29, 1.82) is 0 Å². The molecule has 0 rings (SSSR count).